The molecule has 0 spiro atoms. The van der Waals surface area contributed by atoms with E-state index in [0.29, 0.717) is 11.3 Å². The third-order valence-corrected chi connectivity index (χ3v) is 5.44. The van der Waals surface area contributed by atoms with Crippen molar-refractivity contribution >= 4 is 27.6 Å². The van der Waals surface area contributed by atoms with Crippen LogP contribution in [0.25, 0.3) is 5.57 Å². The number of methoxy groups -OCH3 is 1. The quantitative estimate of drug-likeness (QED) is 0.815. The van der Waals surface area contributed by atoms with Crippen molar-refractivity contribution in [3.8, 4) is 5.88 Å². The minimum Gasteiger partial charge on any atom is -0.481 e. The van der Waals surface area contributed by atoms with Crippen molar-refractivity contribution in [1.82, 2.24) is 14.7 Å². The minimum absolute atomic E-state index is 0.0497. The average molecular weight is 388 g/mol. The zero-order chi connectivity index (χ0) is 19.4. The first-order valence-corrected chi connectivity index (χ1v) is 9.89. The molecule has 0 unspecified atom stereocenters. The maximum absolute atomic E-state index is 12.7. The average Bonchev–Trinajstić information content (AvgIpc) is 3.15. The molecule has 2 N–H and O–H groups in total. The lowest BCUT2D eigenvalue weighted by Gasteiger charge is -2.13. The molecule has 0 fully saturated rings. The van der Waals surface area contributed by atoms with Crippen LogP contribution in [0.5, 0.6) is 5.88 Å². The highest BCUT2D eigenvalue weighted by molar-refractivity contribution is 7.90. The van der Waals surface area contributed by atoms with Gasteiger partial charge < -0.3 is 4.74 Å². The molecule has 9 heteroatoms. The van der Waals surface area contributed by atoms with Gasteiger partial charge in [-0.2, -0.15) is 4.98 Å². The Hall–Kier alpha value is -2.94. The van der Waals surface area contributed by atoms with Crippen LogP contribution >= 0.6 is 0 Å². The third-order valence-electron chi connectivity index (χ3n) is 4.06. The number of carbonyl (C=O) groups is 1. The predicted octanol–water partition coefficient (Wildman–Crippen LogP) is 2.87. The summed E-state index contributed by atoms with van der Waals surface area (Å²) < 4.78 is 32.5. The summed E-state index contributed by atoms with van der Waals surface area (Å²) in [6, 6.07) is 7.28. The second-order valence-electron chi connectivity index (χ2n) is 6.05. The molecule has 0 saturated heterocycles. The molecule has 27 heavy (non-hydrogen) atoms. The summed E-state index contributed by atoms with van der Waals surface area (Å²) in [5, 5.41) is 2.33. The van der Waals surface area contributed by atoms with Gasteiger partial charge in [-0.1, -0.05) is 24.3 Å². The van der Waals surface area contributed by atoms with Gasteiger partial charge in [0.25, 0.3) is 10.0 Å². The first kappa shape index (κ1) is 18.8. The SMILES string of the molecule is COc1cc(C)nc(NC(=O)NS(=O)(=O)c2ccccc2C2=CCCC2)n1. The summed E-state index contributed by atoms with van der Waals surface area (Å²) in [7, 11) is -2.63. The summed E-state index contributed by atoms with van der Waals surface area (Å²) in [6.45, 7) is 1.70. The number of anilines is 1. The standard InChI is InChI=1S/C18H20N4O4S/c1-12-11-16(26-2)20-17(19-12)21-18(23)22-27(24,25)15-10-6-5-9-14(15)13-7-3-4-8-13/h5-7,9-11H,3-4,8H2,1-2H3,(H2,19,20,21,22,23). The summed E-state index contributed by atoms with van der Waals surface area (Å²) in [5.74, 6) is 0.213. The number of aromatic nitrogens is 2. The molecular weight excluding hydrogens is 368 g/mol. The lowest BCUT2D eigenvalue weighted by molar-refractivity contribution is 0.256. The number of benzene rings is 1. The van der Waals surface area contributed by atoms with Gasteiger partial charge in [0.2, 0.25) is 11.8 Å². The van der Waals surface area contributed by atoms with Crippen LogP contribution in [0, 0.1) is 6.92 Å². The van der Waals surface area contributed by atoms with E-state index in [4.69, 9.17) is 4.74 Å². The Kier molecular flexibility index (Phi) is 5.41. The van der Waals surface area contributed by atoms with Gasteiger partial charge in [-0.25, -0.2) is 22.9 Å². The molecular formula is C18H20N4O4S. The number of carbonyl (C=O) groups excluding carboxylic acids is 1. The number of amides is 2. The van der Waals surface area contributed by atoms with E-state index in [1.165, 1.54) is 13.2 Å². The first-order valence-electron chi connectivity index (χ1n) is 8.41. The molecule has 1 aliphatic rings. The van der Waals surface area contributed by atoms with Crippen LogP contribution in [-0.2, 0) is 10.0 Å². The topological polar surface area (TPSA) is 110 Å². The smallest absolute Gasteiger partial charge is 0.335 e. The van der Waals surface area contributed by atoms with Gasteiger partial charge in [-0.3, -0.25) is 5.32 Å². The Labute approximate surface area is 157 Å². The fourth-order valence-electron chi connectivity index (χ4n) is 2.89. The predicted molar refractivity (Wildman–Crippen MR) is 101 cm³/mol. The second kappa shape index (κ2) is 7.75. The lowest BCUT2D eigenvalue weighted by Crippen LogP contribution is -2.35. The van der Waals surface area contributed by atoms with E-state index >= 15 is 0 Å². The van der Waals surface area contributed by atoms with Crippen LogP contribution < -0.4 is 14.8 Å². The zero-order valence-electron chi connectivity index (χ0n) is 15.0. The number of hydrogen-bond acceptors (Lipinski definition) is 6. The van der Waals surface area contributed by atoms with Crippen molar-refractivity contribution in [3.05, 3.63) is 47.7 Å². The minimum atomic E-state index is -4.06. The molecule has 8 nitrogen and oxygen atoms in total. The molecule has 0 radical (unpaired) electrons. The van der Waals surface area contributed by atoms with E-state index in [1.54, 1.807) is 31.2 Å². The number of rotatable bonds is 5. The number of allylic oxidation sites excluding steroid dienone is 2. The second-order valence-corrected chi connectivity index (χ2v) is 7.70. The number of nitrogens with zero attached hydrogens (tertiary/aromatic N) is 2. The molecule has 142 valence electrons. The fourth-order valence-corrected chi connectivity index (χ4v) is 4.04. The number of urea groups is 1. The van der Waals surface area contributed by atoms with Crippen molar-refractivity contribution in [3.63, 3.8) is 0 Å². The van der Waals surface area contributed by atoms with Gasteiger partial charge in [0.05, 0.1) is 12.0 Å². The van der Waals surface area contributed by atoms with Crippen LogP contribution in [0.4, 0.5) is 10.7 Å². The number of aryl methyl sites for hydroxylation is 1. The van der Waals surface area contributed by atoms with E-state index in [2.05, 4.69) is 15.3 Å². The van der Waals surface area contributed by atoms with E-state index in [1.807, 2.05) is 10.8 Å². The van der Waals surface area contributed by atoms with Crippen LogP contribution in [0.3, 0.4) is 0 Å². The van der Waals surface area contributed by atoms with E-state index < -0.39 is 16.1 Å². The summed E-state index contributed by atoms with van der Waals surface area (Å²) in [5.41, 5.74) is 2.16. The van der Waals surface area contributed by atoms with E-state index in [0.717, 1.165) is 24.8 Å². The molecule has 0 bridgehead atoms. The Morgan fingerprint density at radius 1 is 1.22 bits per heavy atom. The Morgan fingerprint density at radius 3 is 2.70 bits per heavy atom. The molecule has 1 aromatic heterocycles. The number of nitrogens with one attached hydrogen (secondary N) is 2. The maximum Gasteiger partial charge on any atom is 0.335 e. The third kappa shape index (κ3) is 4.43. The Morgan fingerprint density at radius 2 is 2.00 bits per heavy atom. The summed E-state index contributed by atoms with van der Waals surface area (Å²) in [4.78, 5) is 20.3. The van der Waals surface area contributed by atoms with Gasteiger partial charge in [0.1, 0.15) is 0 Å². The summed E-state index contributed by atoms with van der Waals surface area (Å²) >= 11 is 0. The largest absolute Gasteiger partial charge is 0.481 e. The van der Waals surface area contributed by atoms with Crippen molar-refractivity contribution in [2.45, 2.75) is 31.1 Å². The monoisotopic (exact) mass is 388 g/mol. The van der Waals surface area contributed by atoms with Gasteiger partial charge in [-0.15, -0.1) is 0 Å². The highest BCUT2D eigenvalue weighted by Crippen LogP contribution is 2.31. The van der Waals surface area contributed by atoms with Crippen LogP contribution in [0.15, 0.2) is 41.3 Å². The van der Waals surface area contributed by atoms with Crippen molar-refractivity contribution in [2.75, 3.05) is 12.4 Å². The van der Waals surface area contributed by atoms with Gasteiger partial charge in [-0.05, 0) is 43.4 Å². The van der Waals surface area contributed by atoms with Crippen molar-refractivity contribution in [1.29, 1.82) is 0 Å². The molecule has 0 aliphatic heterocycles. The fraction of sp³-hybridized carbons (Fsp3) is 0.278. The maximum atomic E-state index is 12.7. The van der Waals surface area contributed by atoms with Crippen LogP contribution in [0.2, 0.25) is 0 Å². The van der Waals surface area contributed by atoms with Gasteiger partial charge >= 0.3 is 6.03 Å². The molecule has 2 aromatic rings. The van der Waals surface area contributed by atoms with E-state index in [-0.39, 0.29) is 16.7 Å². The molecule has 1 aliphatic carbocycles. The number of hydrogen-bond donors (Lipinski definition) is 2. The molecule has 3 rings (SSSR count). The Balaban J connectivity index is 1.81. The molecule has 1 aromatic carbocycles. The highest BCUT2D eigenvalue weighted by Gasteiger charge is 2.23. The molecule has 0 saturated carbocycles. The van der Waals surface area contributed by atoms with Crippen LogP contribution in [0.1, 0.15) is 30.5 Å². The molecule has 0 atom stereocenters. The Bertz CT molecular complexity index is 1000. The number of ether oxygens (including phenoxy) is 1. The highest BCUT2D eigenvalue weighted by atomic mass is 32.2. The normalized spacial score (nSPS) is 13.8. The van der Waals surface area contributed by atoms with Gasteiger partial charge in [0, 0.05) is 11.8 Å². The first-order chi connectivity index (χ1) is 12.9. The number of sulfonamides is 1. The van der Waals surface area contributed by atoms with Crippen LogP contribution in [-0.4, -0.2) is 31.5 Å². The lowest BCUT2D eigenvalue weighted by atomic mass is 10.1. The van der Waals surface area contributed by atoms with Crippen molar-refractivity contribution < 1.29 is 17.9 Å². The zero-order valence-corrected chi connectivity index (χ0v) is 15.8. The van der Waals surface area contributed by atoms with E-state index in [9.17, 15) is 13.2 Å². The molecule has 2 amide bonds. The van der Waals surface area contributed by atoms with Gasteiger partial charge in [0.15, 0.2) is 0 Å². The molecule has 1 heterocycles. The van der Waals surface area contributed by atoms with Crippen molar-refractivity contribution in [2.24, 2.45) is 0 Å². The summed E-state index contributed by atoms with van der Waals surface area (Å²) in [6.07, 6.45) is 4.76.